The highest BCUT2D eigenvalue weighted by Crippen LogP contribution is 2.24. The molecule has 1 heterocycles. The fourth-order valence-electron chi connectivity index (χ4n) is 2.18. The van der Waals surface area contributed by atoms with Crippen molar-refractivity contribution in [3.8, 4) is 0 Å². The highest BCUT2D eigenvalue weighted by molar-refractivity contribution is 5.95. The normalized spacial score (nSPS) is 19.0. The Hall–Kier alpha value is -1.63. The summed E-state index contributed by atoms with van der Waals surface area (Å²) in [5.41, 5.74) is -0.864. The van der Waals surface area contributed by atoms with Crippen molar-refractivity contribution in [3.63, 3.8) is 0 Å². The molecule has 0 bridgehead atoms. The Kier molecular flexibility index (Phi) is 3.75. The standard InChI is InChI=1S/C12H11F4NO2/c13-8-4-7(9(14)11(16)10(8)15)12(19)17-3-1-2-6(17)5-18/h4,6,18H,1-3,5H2/t6-/m0/s1. The van der Waals surface area contributed by atoms with E-state index in [4.69, 9.17) is 5.11 Å². The summed E-state index contributed by atoms with van der Waals surface area (Å²) < 4.78 is 52.4. The van der Waals surface area contributed by atoms with Crippen LogP contribution >= 0.6 is 0 Å². The zero-order valence-corrected chi connectivity index (χ0v) is 9.80. The number of likely N-dealkylation sites (tertiary alicyclic amines) is 1. The summed E-state index contributed by atoms with van der Waals surface area (Å²) in [5.74, 6) is -8.25. The van der Waals surface area contributed by atoms with Crippen molar-refractivity contribution < 1.29 is 27.5 Å². The van der Waals surface area contributed by atoms with Crippen LogP contribution in [0, 0.1) is 23.3 Å². The minimum Gasteiger partial charge on any atom is -0.394 e. The molecular weight excluding hydrogens is 266 g/mol. The number of benzene rings is 1. The van der Waals surface area contributed by atoms with Gasteiger partial charge in [0.15, 0.2) is 23.3 Å². The van der Waals surface area contributed by atoms with E-state index in [1.54, 1.807) is 0 Å². The van der Waals surface area contributed by atoms with E-state index in [-0.39, 0.29) is 13.2 Å². The lowest BCUT2D eigenvalue weighted by Crippen LogP contribution is -2.38. The Bertz CT molecular complexity index is 521. The maximum absolute atomic E-state index is 13.5. The van der Waals surface area contributed by atoms with E-state index in [0.717, 1.165) is 4.90 Å². The topological polar surface area (TPSA) is 40.5 Å². The van der Waals surface area contributed by atoms with Crippen molar-refractivity contribution in [3.05, 3.63) is 34.9 Å². The number of rotatable bonds is 2. The van der Waals surface area contributed by atoms with Crippen LogP contribution in [0.3, 0.4) is 0 Å². The van der Waals surface area contributed by atoms with Gasteiger partial charge in [-0.2, -0.15) is 0 Å². The zero-order chi connectivity index (χ0) is 14.2. The van der Waals surface area contributed by atoms with Gasteiger partial charge >= 0.3 is 0 Å². The predicted molar refractivity (Wildman–Crippen MR) is 57.4 cm³/mol. The molecule has 1 atom stereocenters. The van der Waals surface area contributed by atoms with E-state index in [2.05, 4.69) is 0 Å². The number of halogens is 4. The first-order valence-electron chi connectivity index (χ1n) is 5.72. The van der Waals surface area contributed by atoms with Crippen molar-refractivity contribution in [1.82, 2.24) is 4.90 Å². The van der Waals surface area contributed by atoms with E-state index in [1.165, 1.54) is 0 Å². The molecule has 1 aromatic carbocycles. The molecule has 1 amide bonds. The van der Waals surface area contributed by atoms with Gasteiger partial charge in [0.1, 0.15) is 0 Å². The molecule has 0 unspecified atom stereocenters. The third kappa shape index (κ3) is 2.30. The van der Waals surface area contributed by atoms with E-state index >= 15 is 0 Å². The lowest BCUT2D eigenvalue weighted by molar-refractivity contribution is 0.0670. The monoisotopic (exact) mass is 277 g/mol. The lowest BCUT2D eigenvalue weighted by atomic mass is 10.1. The number of aliphatic hydroxyl groups is 1. The summed E-state index contributed by atoms with van der Waals surface area (Å²) in [7, 11) is 0. The molecule has 0 saturated carbocycles. The van der Waals surface area contributed by atoms with E-state index in [0.29, 0.717) is 18.9 Å². The molecule has 1 saturated heterocycles. The fraction of sp³-hybridized carbons (Fsp3) is 0.417. The number of nitrogens with zero attached hydrogens (tertiary/aromatic N) is 1. The van der Waals surface area contributed by atoms with Crippen molar-refractivity contribution >= 4 is 5.91 Å². The molecule has 1 aliphatic rings. The summed E-state index contributed by atoms with van der Waals surface area (Å²) in [6, 6.07) is -0.175. The molecule has 1 fully saturated rings. The second kappa shape index (κ2) is 5.16. The first-order chi connectivity index (χ1) is 8.97. The van der Waals surface area contributed by atoms with Gasteiger partial charge in [-0.05, 0) is 18.9 Å². The minimum atomic E-state index is -2.01. The molecule has 0 spiro atoms. The van der Waals surface area contributed by atoms with Crippen LogP contribution in [0.25, 0.3) is 0 Å². The molecule has 2 rings (SSSR count). The Balaban J connectivity index is 2.39. The second-order valence-corrected chi connectivity index (χ2v) is 4.33. The first-order valence-corrected chi connectivity index (χ1v) is 5.72. The molecule has 0 radical (unpaired) electrons. The molecule has 1 aliphatic heterocycles. The van der Waals surface area contributed by atoms with E-state index in [9.17, 15) is 22.4 Å². The number of carbonyl (C=O) groups is 1. The van der Waals surface area contributed by atoms with Gasteiger partial charge in [0, 0.05) is 6.54 Å². The average Bonchev–Trinajstić information content (AvgIpc) is 2.88. The van der Waals surface area contributed by atoms with E-state index in [1.807, 2.05) is 0 Å². The average molecular weight is 277 g/mol. The Morgan fingerprint density at radius 2 is 1.95 bits per heavy atom. The molecule has 7 heteroatoms. The van der Waals surface area contributed by atoms with Crippen LogP contribution in [0.2, 0.25) is 0 Å². The first kappa shape index (κ1) is 13.8. The molecule has 1 N–H and O–H groups in total. The molecule has 1 aromatic rings. The second-order valence-electron chi connectivity index (χ2n) is 4.33. The number of hydrogen-bond acceptors (Lipinski definition) is 2. The summed E-state index contributed by atoms with van der Waals surface area (Å²) in [4.78, 5) is 13.1. The van der Waals surface area contributed by atoms with Gasteiger partial charge in [0.05, 0.1) is 18.2 Å². The Labute approximate surface area is 106 Å². The van der Waals surface area contributed by atoms with Gasteiger partial charge in [-0.3, -0.25) is 4.79 Å². The minimum absolute atomic E-state index is 0.254. The van der Waals surface area contributed by atoms with Crippen LogP contribution in [0.1, 0.15) is 23.2 Å². The predicted octanol–water partition coefficient (Wildman–Crippen LogP) is 1.84. The van der Waals surface area contributed by atoms with Crippen molar-refractivity contribution in [2.75, 3.05) is 13.2 Å². The zero-order valence-electron chi connectivity index (χ0n) is 9.80. The number of aliphatic hydroxyl groups excluding tert-OH is 1. The largest absolute Gasteiger partial charge is 0.394 e. The third-order valence-corrected chi connectivity index (χ3v) is 3.18. The van der Waals surface area contributed by atoms with Crippen molar-refractivity contribution in [1.29, 1.82) is 0 Å². The van der Waals surface area contributed by atoms with Crippen LogP contribution in [-0.2, 0) is 0 Å². The SMILES string of the molecule is O=C(c1cc(F)c(F)c(F)c1F)N1CCC[C@H]1CO. The van der Waals surface area contributed by atoms with Gasteiger partial charge < -0.3 is 10.0 Å². The van der Waals surface area contributed by atoms with Gasteiger partial charge in [0.25, 0.3) is 5.91 Å². The van der Waals surface area contributed by atoms with Crippen LogP contribution in [0.4, 0.5) is 17.6 Å². The fourth-order valence-corrected chi connectivity index (χ4v) is 2.18. The lowest BCUT2D eigenvalue weighted by Gasteiger charge is -2.23. The molecule has 0 aliphatic carbocycles. The molecule has 104 valence electrons. The van der Waals surface area contributed by atoms with Crippen molar-refractivity contribution in [2.24, 2.45) is 0 Å². The van der Waals surface area contributed by atoms with Gasteiger partial charge in [-0.1, -0.05) is 0 Å². The summed E-state index contributed by atoms with van der Waals surface area (Å²) >= 11 is 0. The van der Waals surface area contributed by atoms with Crippen LogP contribution in [0.5, 0.6) is 0 Å². The van der Waals surface area contributed by atoms with Crippen LogP contribution in [-0.4, -0.2) is 35.1 Å². The Morgan fingerprint density at radius 3 is 2.58 bits per heavy atom. The maximum atomic E-state index is 13.5. The molecule has 3 nitrogen and oxygen atoms in total. The highest BCUT2D eigenvalue weighted by Gasteiger charge is 2.32. The van der Waals surface area contributed by atoms with Gasteiger partial charge in [-0.25, -0.2) is 17.6 Å². The quantitative estimate of drug-likeness (QED) is 0.509. The summed E-state index contributed by atoms with van der Waals surface area (Å²) in [5, 5.41) is 9.06. The maximum Gasteiger partial charge on any atom is 0.257 e. The van der Waals surface area contributed by atoms with Gasteiger partial charge in [0.2, 0.25) is 0 Å². The summed E-state index contributed by atoms with van der Waals surface area (Å²) in [6.45, 7) is -0.0658. The molecule has 0 aromatic heterocycles. The van der Waals surface area contributed by atoms with E-state index < -0.39 is 40.8 Å². The van der Waals surface area contributed by atoms with Crippen LogP contribution in [0.15, 0.2) is 6.07 Å². The number of carbonyl (C=O) groups excluding carboxylic acids is 1. The third-order valence-electron chi connectivity index (χ3n) is 3.18. The Morgan fingerprint density at radius 1 is 1.26 bits per heavy atom. The van der Waals surface area contributed by atoms with Crippen LogP contribution < -0.4 is 0 Å². The number of hydrogen-bond donors (Lipinski definition) is 1. The summed E-state index contributed by atoms with van der Waals surface area (Å²) in [6.07, 6.45) is 1.13. The highest BCUT2D eigenvalue weighted by atomic mass is 19.2. The van der Waals surface area contributed by atoms with Crippen molar-refractivity contribution in [2.45, 2.75) is 18.9 Å². The molecule has 19 heavy (non-hydrogen) atoms. The number of amides is 1. The molecular formula is C12H11F4NO2. The smallest absolute Gasteiger partial charge is 0.257 e. The van der Waals surface area contributed by atoms with Gasteiger partial charge in [-0.15, -0.1) is 0 Å².